The normalized spacial score (nSPS) is 24.0. The van der Waals surface area contributed by atoms with Crippen LogP contribution < -0.4 is 5.73 Å². The lowest BCUT2D eigenvalue weighted by atomic mass is 9.89. The first-order valence-electron chi connectivity index (χ1n) is 6.49. The van der Waals surface area contributed by atoms with Crippen molar-refractivity contribution in [3.05, 3.63) is 0 Å². The van der Waals surface area contributed by atoms with Crippen LogP contribution in [-0.2, 0) is 4.74 Å². The predicted molar refractivity (Wildman–Crippen MR) is 68.6 cm³/mol. The summed E-state index contributed by atoms with van der Waals surface area (Å²) >= 11 is 0. The highest BCUT2D eigenvalue weighted by atomic mass is 16.5. The SMILES string of the molecule is CN(C)C(C)(C)C(N)CCCC1CCCO1. The molecule has 0 saturated carbocycles. The van der Waals surface area contributed by atoms with Crippen LogP contribution in [0.2, 0.25) is 0 Å². The standard InChI is InChI=1S/C13H28N2O/c1-13(2,15(3)4)12(14)9-5-7-11-8-6-10-16-11/h11-12H,5-10,14H2,1-4H3. The van der Waals surface area contributed by atoms with E-state index >= 15 is 0 Å². The van der Waals surface area contributed by atoms with Gasteiger partial charge in [-0.3, -0.25) is 0 Å². The minimum Gasteiger partial charge on any atom is -0.378 e. The molecule has 0 radical (unpaired) electrons. The van der Waals surface area contributed by atoms with Crippen molar-refractivity contribution < 1.29 is 4.74 Å². The maximum atomic E-state index is 6.25. The molecule has 1 saturated heterocycles. The fourth-order valence-corrected chi connectivity index (χ4v) is 2.12. The van der Waals surface area contributed by atoms with E-state index in [0.29, 0.717) is 6.10 Å². The number of rotatable bonds is 6. The molecule has 16 heavy (non-hydrogen) atoms. The van der Waals surface area contributed by atoms with Crippen LogP contribution in [0.25, 0.3) is 0 Å². The van der Waals surface area contributed by atoms with E-state index in [-0.39, 0.29) is 11.6 Å². The van der Waals surface area contributed by atoms with Gasteiger partial charge in [0, 0.05) is 18.2 Å². The van der Waals surface area contributed by atoms with Crippen LogP contribution in [0.15, 0.2) is 0 Å². The number of ether oxygens (including phenoxy) is 1. The molecule has 3 nitrogen and oxygen atoms in total. The molecule has 0 aromatic carbocycles. The second kappa shape index (κ2) is 5.99. The highest BCUT2D eigenvalue weighted by molar-refractivity contribution is 4.88. The van der Waals surface area contributed by atoms with Crippen LogP contribution in [0, 0.1) is 0 Å². The fourth-order valence-electron chi connectivity index (χ4n) is 2.12. The average Bonchev–Trinajstić information content (AvgIpc) is 2.70. The molecule has 0 aromatic heterocycles. The molecule has 1 aliphatic heterocycles. The van der Waals surface area contributed by atoms with Crippen molar-refractivity contribution in [1.29, 1.82) is 0 Å². The van der Waals surface area contributed by atoms with Gasteiger partial charge < -0.3 is 15.4 Å². The second-order valence-corrected chi connectivity index (χ2v) is 5.72. The quantitative estimate of drug-likeness (QED) is 0.756. The first-order chi connectivity index (χ1) is 7.44. The average molecular weight is 228 g/mol. The molecule has 0 amide bonds. The van der Waals surface area contributed by atoms with Crippen LogP contribution in [0.4, 0.5) is 0 Å². The van der Waals surface area contributed by atoms with Gasteiger partial charge in [-0.15, -0.1) is 0 Å². The number of hydrogen-bond donors (Lipinski definition) is 1. The van der Waals surface area contributed by atoms with Crippen molar-refractivity contribution >= 4 is 0 Å². The first kappa shape index (κ1) is 13.9. The molecule has 1 fully saturated rings. The van der Waals surface area contributed by atoms with Crippen molar-refractivity contribution in [1.82, 2.24) is 4.90 Å². The lowest BCUT2D eigenvalue weighted by molar-refractivity contribution is 0.0973. The van der Waals surface area contributed by atoms with Gasteiger partial charge in [-0.25, -0.2) is 0 Å². The molecule has 96 valence electrons. The second-order valence-electron chi connectivity index (χ2n) is 5.72. The summed E-state index contributed by atoms with van der Waals surface area (Å²) in [6.45, 7) is 5.38. The van der Waals surface area contributed by atoms with E-state index in [9.17, 15) is 0 Å². The lowest BCUT2D eigenvalue weighted by Gasteiger charge is -2.38. The van der Waals surface area contributed by atoms with Gasteiger partial charge in [-0.05, 0) is 60.0 Å². The minimum atomic E-state index is 0.0799. The highest BCUT2D eigenvalue weighted by Crippen LogP contribution is 2.22. The van der Waals surface area contributed by atoms with Crippen LogP contribution in [-0.4, -0.2) is 43.3 Å². The summed E-state index contributed by atoms with van der Waals surface area (Å²) in [4.78, 5) is 2.21. The zero-order chi connectivity index (χ0) is 12.2. The summed E-state index contributed by atoms with van der Waals surface area (Å²) < 4.78 is 5.62. The van der Waals surface area contributed by atoms with Gasteiger partial charge in [0.1, 0.15) is 0 Å². The van der Waals surface area contributed by atoms with Crippen LogP contribution >= 0.6 is 0 Å². The number of nitrogens with two attached hydrogens (primary N) is 1. The van der Waals surface area contributed by atoms with E-state index in [2.05, 4.69) is 32.8 Å². The smallest absolute Gasteiger partial charge is 0.0576 e. The Kier molecular flexibility index (Phi) is 5.22. The molecule has 0 spiro atoms. The largest absolute Gasteiger partial charge is 0.378 e. The van der Waals surface area contributed by atoms with E-state index in [1.54, 1.807) is 0 Å². The molecule has 2 atom stereocenters. The van der Waals surface area contributed by atoms with Crippen LogP contribution in [0.1, 0.15) is 46.0 Å². The maximum Gasteiger partial charge on any atom is 0.0576 e. The summed E-state index contributed by atoms with van der Waals surface area (Å²) in [5.41, 5.74) is 6.33. The Hall–Kier alpha value is -0.120. The van der Waals surface area contributed by atoms with Gasteiger partial charge in [0.15, 0.2) is 0 Å². The summed E-state index contributed by atoms with van der Waals surface area (Å²) in [5.74, 6) is 0. The Morgan fingerprint density at radius 3 is 2.62 bits per heavy atom. The topological polar surface area (TPSA) is 38.5 Å². The molecule has 1 rings (SSSR count). The van der Waals surface area contributed by atoms with Gasteiger partial charge in [0.05, 0.1) is 6.10 Å². The van der Waals surface area contributed by atoms with E-state index in [1.165, 1.54) is 25.7 Å². The molecule has 0 aromatic rings. The fraction of sp³-hybridized carbons (Fsp3) is 1.00. The van der Waals surface area contributed by atoms with Crippen molar-refractivity contribution in [3.63, 3.8) is 0 Å². The Balaban J connectivity index is 2.21. The third kappa shape index (κ3) is 3.72. The highest BCUT2D eigenvalue weighted by Gasteiger charge is 2.28. The molecule has 2 unspecified atom stereocenters. The van der Waals surface area contributed by atoms with E-state index in [4.69, 9.17) is 10.5 Å². The molecular formula is C13H28N2O. The van der Waals surface area contributed by atoms with E-state index in [1.807, 2.05) is 0 Å². The third-order valence-corrected chi connectivity index (χ3v) is 4.13. The third-order valence-electron chi connectivity index (χ3n) is 4.13. The first-order valence-corrected chi connectivity index (χ1v) is 6.49. The summed E-state index contributed by atoms with van der Waals surface area (Å²) in [7, 11) is 4.19. The Morgan fingerprint density at radius 2 is 2.12 bits per heavy atom. The Bertz CT molecular complexity index is 198. The summed E-state index contributed by atoms with van der Waals surface area (Å²) in [6.07, 6.45) is 6.44. The van der Waals surface area contributed by atoms with Crippen LogP contribution in [0.3, 0.4) is 0 Å². The molecular weight excluding hydrogens is 200 g/mol. The molecule has 3 heteroatoms. The zero-order valence-electron chi connectivity index (χ0n) is 11.3. The van der Waals surface area contributed by atoms with Crippen molar-refractivity contribution in [2.24, 2.45) is 5.73 Å². The monoisotopic (exact) mass is 228 g/mol. The molecule has 0 bridgehead atoms. The van der Waals surface area contributed by atoms with Crippen LogP contribution in [0.5, 0.6) is 0 Å². The zero-order valence-corrected chi connectivity index (χ0v) is 11.3. The predicted octanol–water partition coefficient (Wildman–Crippen LogP) is 2.00. The van der Waals surface area contributed by atoms with Gasteiger partial charge in [-0.1, -0.05) is 0 Å². The number of nitrogens with zero attached hydrogens (tertiary/aromatic N) is 1. The molecule has 1 heterocycles. The summed E-state index contributed by atoms with van der Waals surface area (Å²) in [6, 6.07) is 0.240. The Morgan fingerprint density at radius 1 is 1.44 bits per heavy atom. The van der Waals surface area contributed by atoms with Crippen molar-refractivity contribution in [3.8, 4) is 0 Å². The lowest BCUT2D eigenvalue weighted by Crippen LogP contribution is -2.53. The van der Waals surface area contributed by atoms with Crippen molar-refractivity contribution in [2.75, 3.05) is 20.7 Å². The van der Waals surface area contributed by atoms with Gasteiger partial charge >= 0.3 is 0 Å². The minimum absolute atomic E-state index is 0.0799. The Labute approximate surface area is 100 Å². The summed E-state index contributed by atoms with van der Waals surface area (Å²) in [5, 5.41) is 0. The number of likely N-dealkylation sites (N-methyl/N-ethyl adjacent to an activating group) is 1. The van der Waals surface area contributed by atoms with E-state index < -0.39 is 0 Å². The molecule has 0 aliphatic carbocycles. The van der Waals surface area contributed by atoms with Crippen molar-refractivity contribution in [2.45, 2.75) is 63.6 Å². The van der Waals surface area contributed by atoms with Gasteiger partial charge in [0.2, 0.25) is 0 Å². The van der Waals surface area contributed by atoms with E-state index in [0.717, 1.165) is 13.0 Å². The van der Waals surface area contributed by atoms with Gasteiger partial charge in [-0.2, -0.15) is 0 Å². The molecule has 2 N–H and O–H groups in total. The number of hydrogen-bond acceptors (Lipinski definition) is 3. The molecule has 1 aliphatic rings. The maximum absolute atomic E-state index is 6.25. The van der Waals surface area contributed by atoms with Gasteiger partial charge in [0.25, 0.3) is 0 Å².